The third-order valence-electron chi connectivity index (χ3n) is 10.3. The van der Waals surface area contributed by atoms with Crippen molar-refractivity contribution in [2.45, 2.75) is 0 Å². The van der Waals surface area contributed by atoms with Gasteiger partial charge in [0, 0.05) is 33.5 Å². The fourth-order valence-corrected chi connectivity index (χ4v) is 7.89. The number of fused-ring (bicyclic) bond motifs is 5. The van der Waals surface area contributed by atoms with Gasteiger partial charge >= 0.3 is 0 Å². The molecule has 0 spiro atoms. The molecule has 0 aliphatic heterocycles. The topological polar surface area (TPSA) is 8.17 Å². The van der Waals surface area contributed by atoms with Crippen LogP contribution >= 0.6 is 0 Å². The number of hydrogen-bond donors (Lipinski definition) is 0. The fourth-order valence-electron chi connectivity index (χ4n) is 7.89. The Morgan fingerprint density at radius 2 is 0.846 bits per heavy atom. The van der Waals surface area contributed by atoms with Crippen LogP contribution in [-0.4, -0.2) is 4.57 Å². The van der Waals surface area contributed by atoms with E-state index in [2.05, 4.69) is 216 Å². The first-order valence-corrected chi connectivity index (χ1v) is 17.8. The molecule has 0 fully saturated rings. The average molecular weight is 663 g/mol. The second kappa shape index (κ2) is 12.5. The average Bonchev–Trinajstić information content (AvgIpc) is 3.55. The van der Waals surface area contributed by atoms with Gasteiger partial charge in [0.05, 0.1) is 11.0 Å². The summed E-state index contributed by atoms with van der Waals surface area (Å²) in [6.07, 6.45) is 0. The number of benzene rings is 9. The first-order valence-electron chi connectivity index (χ1n) is 17.8. The molecule has 0 saturated heterocycles. The van der Waals surface area contributed by atoms with Crippen LogP contribution < -0.4 is 4.90 Å². The summed E-state index contributed by atoms with van der Waals surface area (Å²) >= 11 is 0. The van der Waals surface area contributed by atoms with E-state index in [1.54, 1.807) is 0 Å². The second-order valence-electron chi connectivity index (χ2n) is 13.4. The molecular weight excluding hydrogens is 629 g/mol. The molecular formula is C50H34N2. The van der Waals surface area contributed by atoms with Crippen LogP contribution in [0, 0.1) is 0 Å². The number of aromatic nitrogens is 1. The number of anilines is 3. The number of para-hydroxylation sites is 2. The fraction of sp³-hybridized carbons (Fsp3) is 0. The zero-order chi connectivity index (χ0) is 34.4. The van der Waals surface area contributed by atoms with E-state index >= 15 is 0 Å². The highest BCUT2D eigenvalue weighted by atomic mass is 15.1. The van der Waals surface area contributed by atoms with Gasteiger partial charge < -0.3 is 9.47 Å². The van der Waals surface area contributed by atoms with Gasteiger partial charge in [-0.3, -0.25) is 0 Å². The summed E-state index contributed by atoms with van der Waals surface area (Å²) in [5.74, 6) is 0. The third-order valence-corrected chi connectivity index (χ3v) is 10.3. The maximum absolute atomic E-state index is 2.42. The molecule has 52 heavy (non-hydrogen) atoms. The monoisotopic (exact) mass is 662 g/mol. The lowest BCUT2D eigenvalue weighted by atomic mass is 9.96. The number of hydrogen-bond acceptors (Lipinski definition) is 1. The van der Waals surface area contributed by atoms with E-state index in [0.29, 0.717) is 0 Å². The summed E-state index contributed by atoms with van der Waals surface area (Å²) in [5.41, 5.74) is 11.6. The molecule has 2 nitrogen and oxygen atoms in total. The van der Waals surface area contributed by atoms with Crippen molar-refractivity contribution in [1.29, 1.82) is 0 Å². The first-order chi connectivity index (χ1) is 25.8. The van der Waals surface area contributed by atoms with Crippen molar-refractivity contribution < 1.29 is 0 Å². The van der Waals surface area contributed by atoms with Gasteiger partial charge in [0.15, 0.2) is 0 Å². The summed E-state index contributed by atoms with van der Waals surface area (Å²) < 4.78 is 2.42. The minimum Gasteiger partial charge on any atom is -0.310 e. The van der Waals surface area contributed by atoms with Gasteiger partial charge in [0.1, 0.15) is 0 Å². The van der Waals surface area contributed by atoms with Crippen LogP contribution in [0.3, 0.4) is 0 Å². The molecule has 1 heterocycles. The Hall–Kier alpha value is -6.90. The molecule has 0 radical (unpaired) electrons. The smallest absolute Gasteiger partial charge is 0.0541 e. The van der Waals surface area contributed by atoms with Crippen LogP contribution in [0.1, 0.15) is 0 Å². The van der Waals surface area contributed by atoms with Gasteiger partial charge in [-0.2, -0.15) is 0 Å². The third kappa shape index (κ3) is 5.12. The molecule has 0 bridgehead atoms. The van der Waals surface area contributed by atoms with Crippen LogP contribution in [0.15, 0.2) is 206 Å². The Labute approximate surface area is 303 Å². The lowest BCUT2D eigenvalue weighted by Crippen LogP contribution is -2.10. The van der Waals surface area contributed by atoms with Crippen molar-refractivity contribution in [2.75, 3.05) is 4.90 Å². The zero-order valence-corrected chi connectivity index (χ0v) is 28.5. The Morgan fingerprint density at radius 1 is 0.308 bits per heavy atom. The maximum atomic E-state index is 2.42. The molecule has 244 valence electrons. The minimum atomic E-state index is 1.10. The van der Waals surface area contributed by atoms with Crippen molar-refractivity contribution in [3.8, 4) is 27.9 Å². The second-order valence-corrected chi connectivity index (χ2v) is 13.4. The molecule has 0 aliphatic carbocycles. The Bertz CT molecular complexity index is 2860. The molecule has 0 amide bonds. The summed E-state index contributed by atoms with van der Waals surface area (Å²) in [6, 6.07) is 74.8. The van der Waals surface area contributed by atoms with Gasteiger partial charge in [0.25, 0.3) is 0 Å². The van der Waals surface area contributed by atoms with Crippen LogP contribution in [0.5, 0.6) is 0 Å². The van der Waals surface area contributed by atoms with Crippen molar-refractivity contribution in [1.82, 2.24) is 4.57 Å². The highest BCUT2D eigenvalue weighted by Crippen LogP contribution is 2.41. The van der Waals surface area contributed by atoms with Crippen LogP contribution in [0.25, 0.3) is 71.3 Å². The summed E-state index contributed by atoms with van der Waals surface area (Å²) in [4.78, 5) is 2.39. The standard InChI is InChI=1S/C50H34N2/c1-2-14-35(15-3-1)38-19-12-21-41(30-38)51(43-29-28-36-16-4-5-17-37(36)31-43)42-22-13-20-40(32-42)48-34-44(33-39-18-6-7-23-45(39)48)52-49-26-10-8-24-46(49)47-25-9-11-27-50(47)52/h1-34H. The molecule has 0 saturated carbocycles. The first kappa shape index (κ1) is 30.0. The van der Waals surface area contributed by atoms with Gasteiger partial charge in [-0.15, -0.1) is 0 Å². The van der Waals surface area contributed by atoms with Crippen LogP contribution in [-0.2, 0) is 0 Å². The van der Waals surface area contributed by atoms with Crippen LogP contribution in [0.4, 0.5) is 17.1 Å². The highest BCUT2D eigenvalue weighted by Gasteiger charge is 2.18. The SMILES string of the molecule is c1ccc(-c2cccc(N(c3cccc(-c4cc(-n5c6ccccc6c6ccccc65)cc5ccccc45)c3)c3ccc4ccccc4c3)c2)cc1. The highest BCUT2D eigenvalue weighted by molar-refractivity contribution is 6.10. The van der Waals surface area contributed by atoms with Gasteiger partial charge in [-0.05, 0) is 104 Å². The molecule has 9 aromatic carbocycles. The number of rotatable bonds is 6. The van der Waals surface area contributed by atoms with Crippen molar-refractivity contribution in [2.24, 2.45) is 0 Å². The van der Waals surface area contributed by atoms with Crippen molar-refractivity contribution in [3.05, 3.63) is 206 Å². The van der Waals surface area contributed by atoms with E-state index < -0.39 is 0 Å². The largest absolute Gasteiger partial charge is 0.310 e. The van der Waals surface area contributed by atoms with E-state index in [4.69, 9.17) is 0 Å². The normalized spacial score (nSPS) is 11.5. The predicted molar refractivity (Wildman–Crippen MR) is 221 cm³/mol. The quantitative estimate of drug-likeness (QED) is 0.172. The minimum absolute atomic E-state index is 1.10. The van der Waals surface area contributed by atoms with E-state index in [1.807, 2.05) is 0 Å². The molecule has 0 unspecified atom stereocenters. The molecule has 10 rings (SSSR count). The summed E-state index contributed by atoms with van der Waals surface area (Å²) in [7, 11) is 0. The molecule has 0 N–H and O–H groups in total. The Balaban J connectivity index is 1.18. The van der Waals surface area contributed by atoms with Crippen molar-refractivity contribution in [3.63, 3.8) is 0 Å². The van der Waals surface area contributed by atoms with E-state index in [0.717, 1.165) is 22.7 Å². The molecule has 2 heteroatoms. The lowest BCUT2D eigenvalue weighted by molar-refractivity contribution is 1.19. The zero-order valence-electron chi connectivity index (χ0n) is 28.5. The molecule has 0 aliphatic rings. The van der Waals surface area contributed by atoms with Gasteiger partial charge in [-0.1, -0.05) is 146 Å². The van der Waals surface area contributed by atoms with Gasteiger partial charge in [0.2, 0.25) is 0 Å². The van der Waals surface area contributed by atoms with E-state index in [9.17, 15) is 0 Å². The van der Waals surface area contributed by atoms with E-state index in [-0.39, 0.29) is 0 Å². The number of nitrogens with zero attached hydrogens (tertiary/aromatic N) is 2. The molecule has 0 atom stereocenters. The molecule has 1 aromatic heterocycles. The lowest BCUT2D eigenvalue weighted by Gasteiger charge is -2.27. The Kier molecular flexibility index (Phi) is 7.18. The van der Waals surface area contributed by atoms with Gasteiger partial charge in [-0.25, -0.2) is 0 Å². The Morgan fingerprint density at radius 3 is 1.58 bits per heavy atom. The van der Waals surface area contributed by atoms with Crippen LogP contribution in [0.2, 0.25) is 0 Å². The maximum Gasteiger partial charge on any atom is 0.0541 e. The predicted octanol–water partition coefficient (Wildman–Crippen LogP) is 13.9. The van der Waals surface area contributed by atoms with Crippen molar-refractivity contribution >= 4 is 60.4 Å². The summed E-state index contributed by atoms with van der Waals surface area (Å²) in [5, 5.41) is 7.41. The molecule has 10 aromatic rings. The van der Waals surface area contributed by atoms with E-state index in [1.165, 1.54) is 65.6 Å². The summed E-state index contributed by atoms with van der Waals surface area (Å²) in [6.45, 7) is 0.